The number of hydrogen-bond acceptors (Lipinski definition) is 6. The van der Waals surface area contributed by atoms with Gasteiger partial charge in [-0.2, -0.15) is 0 Å². The second-order valence-electron chi connectivity index (χ2n) is 6.86. The van der Waals surface area contributed by atoms with Gasteiger partial charge in [-0.05, 0) is 26.9 Å². The lowest BCUT2D eigenvalue weighted by Crippen LogP contribution is -2.51. The van der Waals surface area contributed by atoms with Crippen LogP contribution in [0.25, 0.3) is 11.2 Å². The van der Waals surface area contributed by atoms with Gasteiger partial charge < -0.3 is 19.3 Å². The Kier molecular flexibility index (Phi) is 3.84. The van der Waals surface area contributed by atoms with E-state index < -0.39 is 0 Å². The van der Waals surface area contributed by atoms with Gasteiger partial charge in [0, 0.05) is 32.2 Å². The lowest BCUT2D eigenvalue weighted by Gasteiger charge is -2.35. The van der Waals surface area contributed by atoms with E-state index in [2.05, 4.69) is 24.4 Å². The quantitative estimate of drug-likeness (QED) is 0.807. The van der Waals surface area contributed by atoms with Gasteiger partial charge in [0.25, 0.3) is 0 Å². The fourth-order valence-corrected chi connectivity index (χ4v) is 3.23. The topological polar surface area (TPSA) is 70.4 Å². The number of imidazole rings is 1. The molecule has 2 aromatic heterocycles. The van der Waals surface area contributed by atoms with Gasteiger partial charge in [0.05, 0.1) is 12.9 Å². The highest BCUT2D eigenvalue weighted by molar-refractivity contribution is 5.84. The largest absolute Gasteiger partial charge is 0.351 e. The van der Waals surface area contributed by atoms with Crippen molar-refractivity contribution in [2.75, 3.05) is 51.7 Å². The SMILES string of the molecule is CN(C)CC(=O)N1CCN(c2ncnc3c2ncn3C2CC2)CC1. The van der Waals surface area contributed by atoms with Gasteiger partial charge in [0.15, 0.2) is 17.0 Å². The van der Waals surface area contributed by atoms with Crippen molar-refractivity contribution in [3.05, 3.63) is 12.7 Å². The molecular weight excluding hydrogens is 306 g/mol. The molecule has 4 rings (SSSR count). The van der Waals surface area contributed by atoms with Crippen LogP contribution in [-0.4, -0.2) is 82.0 Å². The van der Waals surface area contributed by atoms with Crippen LogP contribution in [0.1, 0.15) is 18.9 Å². The molecule has 0 N–H and O–H groups in total. The fraction of sp³-hybridized carbons (Fsp3) is 0.625. The van der Waals surface area contributed by atoms with E-state index in [-0.39, 0.29) is 5.91 Å². The minimum atomic E-state index is 0.186. The molecule has 8 nitrogen and oxygen atoms in total. The molecular formula is C16H23N7O. The average molecular weight is 329 g/mol. The minimum Gasteiger partial charge on any atom is -0.351 e. The summed E-state index contributed by atoms with van der Waals surface area (Å²) in [4.78, 5) is 31.7. The molecule has 1 aliphatic heterocycles. The molecule has 24 heavy (non-hydrogen) atoms. The van der Waals surface area contributed by atoms with E-state index in [1.54, 1.807) is 6.33 Å². The second kappa shape index (κ2) is 6.01. The molecule has 1 aliphatic carbocycles. The van der Waals surface area contributed by atoms with Gasteiger partial charge in [-0.25, -0.2) is 15.0 Å². The van der Waals surface area contributed by atoms with E-state index in [1.165, 1.54) is 12.8 Å². The summed E-state index contributed by atoms with van der Waals surface area (Å²) in [6, 6.07) is 0.554. The van der Waals surface area contributed by atoms with Gasteiger partial charge in [-0.15, -0.1) is 0 Å². The summed E-state index contributed by atoms with van der Waals surface area (Å²) in [5.41, 5.74) is 1.80. The molecule has 128 valence electrons. The molecule has 8 heteroatoms. The third-order valence-electron chi connectivity index (χ3n) is 4.66. The Labute approximate surface area is 141 Å². The van der Waals surface area contributed by atoms with E-state index in [9.17, 15) is 4.79 Å². The van der Waals surface area contributed by atoms with Crippen molar-refractivity contribution in [3.63, 3.8) is 0 Å². The van der Waals surface area contributed by atoms with Crippen LogP contribution >= 0.6 is 0 Å². The van der Waals surface area contributed by atoms with Gasteiger partial charge >= 0.3 is 0 Å². The fourth-order valence-electron chi connectivity index (χ4n) is 3.23. The molecule has 1 amide bonds. The lowest BCUT2D eigenvalue weighted by atomic mass is 10.3. The molecule has 0 unspecified atom stereocenters. The second-order valence-corrected chi connectivity index (χ2v) is 6.86. The number of carbonyl (C=O) groups excluding carboxylic acids is 1. The highest BCUT2D eigenvalue weighted by atomic mass is 16.2. The van der Waals surface area contributed by atoms with Gasteiger partial charge in [0.2, 0.25) is 5.91 Å². The Morgan fingerprint density at radius 2 is 1.92 bits per heavy atom. The van der Waals surface area contributed by atoms with Crippen LogP contribution in [0.15, 0.2) is 12.7 Å². The summed E-state index contributed by atoms with van der Waals surface area (Å²) in [6.07, 6.45) is 5.92. The summed E-state index contributed by atoms with van der Waals surface area (Å²) in [6.45, 7) is 3.47. The van der Waals surface area contributed by atoms with Crippen molar-refractivity contribution in [2.45, 2.75) is 18.9 Å². The zero-order valence-electron chi connectivity index (χ0n) is 14.2. The van der Waals surface area contributed by atoms with E-state index in [4.69, 9.17) is 0 Å². The Balaban J connectivity index is 1.50. The summed E-state index contributed by atoms with van der Waals surface area (Å²) < 4.78 is 2.16. The predicted octanol–water partition coefficient (Wildman–Crippen LogP) is 0.371. The number of nitrogens with zero attached hydrogens (tertiary/aromatic N) is 7. The molecule has 2 fully saturated rings. The van der Waals surface area contributed by atoms with Crippen LogP contribution in [0.5, 0.6) is 0 Å². The number of fused-ring (bicyclic) bond motifs is 1. The third kappa shape index (κ3) is 2.82. The third-order valence-corrected chi connectivity index (χ3v) is 4.66. The van der Waals surface area contributed by atoms with Crippen LogP contribution in [-0.2, 0) is 4.79 Å². The standard InChI is InChI=1S/C16H23N7O/c1-20(2)9-13(24)21-5-7-22(8-6-21)15-14-16(18-10-17-15)23(11-19-14)12-3-4-12/h10-12H,3-9H2,1-2H3. The number of anilines is 1. The van der Waals surface area contributed by atoms with Crippen molar-refractivity contribution in [1.82, 2.24) is 29.3 Å². The van der Waals surface area contributed by atoms with E-state index >= 15 is 0 Å². The minimum absolute atomic E-state index is 0.186. The molecule has 1 saturated carbocycles. The van der Waals surface area contributed by atoms with Gasteiger partial charge in [-0.1, -0.05) is 0 Å². The highest BCUT2D eigenvalue weighted by Crippen LogP contribution is 2.37. The summed E-state index contributed by atoms with van der Waals surface area (Å²) in [5, 5.41) is 0. The number of amides is 1. The summed E-state index contributed by atoms with van der Waals surface area (Å²) in [7, 11) is 3.84. The Morgan fingerprint density at radius 1 is 1.17 bits per heavy atom. The number of carbonyl (C=O) groups is 1. The van der Waals surface area contributed by atoms with Crippen molar-refractivity contribution in [1.29, 1.82) is 0 Å². The predicted molar refractivity (Wildman–Crippen MR) is 90.9 cm³/mol. The van der Waals surface area contributed by atoms with Crippen LogP contribution in [0, 0.1) is 0 Å². The number of rotatable bonds is 4. The van der Waals surface area contributed by atoms with Gasteiger partial charge in [0.1, 0.15) is 6.33 Å². The Hall–Kier alpha value is -2.22. The average Bonchev–Trinajstić information content (AvgIpc) is 3.33. The summed E-state index contributed by atoms with van der Waals surface area (Å²) in [5.74, 6) is 1.07. The normalized spacial score (nSPS) is 18.6. The Bertz CT molecular complexity index is 744. The van der Waals surface area contributed by atoms with Crippen molar-refractivity contribution in [3.8, 4) is 0 Å². The first-order valence-electron chi connectivity index (χ1n) is 8.48. The highest BCUT2D eigenvalue weighted by Gasteiger charge is 2.28. The first-order valence-corrected chi connectivity index (χ1v) is 8.48. The number of hydrogen-bond donors (Lipinski definition) is 0. The lowest BCUT2D eigenvalue weighted by molar-refractivity contribution is -0.132. The first kappa shape index (κ1) is 15.3. The monoisotopic (exact) mass is 329 g/mol. The van der Waals surface area contributed by atoms with Crippen molar-refractivity contribution >= 4 is 22.9 Å². The number of aromatic nitrogens is 4. The maximum atomic E-state index is 12.2. The van der Waals surface area contributed by atoms with Crippen LogP contribution < -0.4 is 4.90 Å². The molecule has 0 radical (unpaired) electrons. The molecule has 3 heterocycles. The smallest absolute Gasteiger partial charge is 0.236 e. The molecule has 0 atom stereocenters. The maximum Gasteiger partial charge on any atom is 0.236 e. The van der Waals surface area contributed by atoms with Crippen molar-refractivity contribution in [2.24, 2.45) is 0 Å². The van der Waals surface area contributed by atoms with E-state index in [1.807, 2.05) is 30.2 Å². The molecule has 0 aromatic carbocycles. The zero-order valence-corrected chi connectivity index (χ0v) is 14.2. The van der Waals surface area contributed by atoms with Crippen LogP contribution in [0.4, 0.5) is 5.82 Å². The Morgan fingerprint density at radius 3 is 2.58 bits per heavy atom. The van der Waals surface area contributed by atoms with Gasteiger partial charge in [-0.3, -0.25) is 4.79 Å². The van der Waals surface area contributed by atoms with E-state index in [0.717, 1.165) is 43.2 Å². The molecule has 2 aliphatic rings. The summed E-state index contributed by atoms with van der Waals surface area (Å²) >= 11 is 0. The zero-order chi connectivity index (χ0) is 16.7. The van der Waals surface area contributed by atoms with Crippen LogP contribution in [0.2, 0.25) is 0 Å². The molecule has 1 saturated heterocycles. The number of likely N-dealkylation sites (N-methyl/N-ethyl adjacent to an activating group) is 1. The van der Waals surface area contributed by atoms with Crippen molar-refractivity contribution < 1.29 is 4.79 Å². The molecule has 0 spiro atoms. The molecule has 0 bridgehead atoms. The number of piperazine rings is 1. The molecule has 2 aromatic rings. The van der Waals surface area contributed by atoms with Crippen LogP contribution in [0.3, 0.4) is 0 Å². The van der Waals surface area contributed by atoms with E-state index in [0.29, 0.717) is 12.6 Å². The first-order chi connectivity index (χ1) is 11.6. The maximum absolute atomic E-state index is 12.2.